The average Bonchev–Trinajstić information content (AvgIpc) is 2.14. The van der Waals surface area contributed by atoms with Gasteiger partial charge in [0.25, 0.3) is 0 Å². The first kappa shape index (κ1) is 10.4. The minimum Gasteiger partial charge on any atom is -0.313 e. The molecule has 1 atom stereocenters. The van der Waals surface area contributed by atoms with Crippen molar-refractivity contribution in [3.63, 3.8) is 0 Å². The van der Waals surface area contributed by atoms with Gasteiger partial charge in [0.15, 0.2) is 0 Å². The highest BCUT2D eigenvalue weighted by Gasteiger charge is 2.48. The van der Waals surface area contributed by atoms with Crippen LogP contribution in [0.4, 0.5) is 13.2 Å². The van der Waals surface area contributed by atoms with Crippen LogP contribution in [-0.4, -0.2) is 36.3 Å². The standard InChI is InChI=1S/C8H13F3N2/c1-5-6(2)12(3)13(4)7(5)8(9,10)11/h7H,1-4H3. The van der Waals surface area contributed by atoms with E-state index in [1.165, 1.54) is 24.0 Å². The fourth-order valence-electron chi connectivity index (χ4n) is 1.60. The molecule has 0 saturated carbocycles. The molecule has 2 nitrogen and oxygen atoms in total. The summed E-state index contributed by atoms with van der Waals surface area (Å²) in [5.74, 6) is 0. The largest absolute Gasteiger partial charge is 0.409 e. The molecule has 0 aromatic carbocycles. The Balaban J connectivity index is 3.02. The minimum atomic E-state index is -4.19. The maximum absolute atomic E-state index is 12.5. The fourth-order valence-corrected chi connectivity index (χ4v) is 1.60. The van der Waals surface area contributed by atoms with E-state index in [2.05, 4.69) is 0 Å². The first-order valence-corrected chi connectivity index (χ1v) is 3.97. The Bertz CT molecular complexity index is 244. The van der Waals surface area contributed by atoms with Crippen LogP contribution in [0.1, 0.15) is 13.8 Å². The molecular weight excluding hydrogens is 181 g/mol. The van der Waals surface area contributed by atoms with Crippen LogP contribution in [0.3, 0.4) is 0 Å². The molecule has 0 spiro atoms. The van der Waals surface area contributed by atoms with Crippen molar-refractivity contribution < 1.29 is 13.2 Å². The third kappa shape index (κ3) is 1.52. The third-order valence-corrected chi connectivity index (χ3v) is 2.62. The molecule has 0 N–H and O–H groups in total. The minimum absolute atomic E-state index is 0.373. The number of hydrogen-bond donors (Lipinski definition) is 0. The van der Waals surface area contributed by atoms with Crippen molar-refractivity contribution in [2.75, 3.05) is 14.1 Å². The maximum Gasteiger partial charge on any atom is 0.409 e. The Labute approximate surface area is 75.6 Å². The van der Waals surface area contributed by atoms with E-state index in [4.69, 9.17) is 0 Å². The number of hydrazine groups is 1. The van der Waals surface area contributed by atoms with Gasteiger partial charge in [-0.05, 0) is 19.4 Å². The maximum atomic E-state index is 12.5. The lowest BCUT2D eigenvalue weighted by atomic mass is 10.1. The van der Waals surface area contributed by atoms with Gasteiger partial charge in [-0.2, -0.15) is 13.2 Å². The van der Waals surface area contributed by atoms with Crippen molar-refractivity contribution in [1.29, 1.82) is 0 Å². The van der Waals surface area contributed by atoms with Gasteiger partial charge in [0.2, 0.25) is 0 Å². The molecule has 1 aliphatic rings. The van der Waals surface area contributed by atoms with Gasteiger partial charge in [0, 0.05) is 19.8 Å². The van der Waals surface area contributed by atoms with E-state index in [0.29, 0.717) is 11.3 Å². The summed E-state index contributed by atoms with van der Waals surface area (Å²) in [7, 11) is 3.07. The highest BCUT2D eigenvalue weighted by Crippen LogP contribution is 2.36. The molecule has 1 aliphatic heterocycles. The Hall–Kier alpha value is -0.710. The molecule has 5 heteroatoms. The van der Waals surface area contributed by atoms with E-state index in [1.54, 1.807) is 14.0 Å². The van der Waals surface area contributed by atoms with Crippen LogP contribution >= 0.6 is 0 Å². The van der Waals surface area contributed by atoms with E-state index in [0.717, 1.165) is 0 Å². The molecule has 0 saturated heterocycles. The summed E-state index contributed by atoms with van der Waals surface area (Å²) >= 11 is 0. The summed E-state index contributed by atoms with van der Waals surface area (Å²) in [4.78, 5) is 0. The molecule has 0 radical (unpaired) electrons. The van der Waals surface area contributed by atoms with Gasteiger partial charge < -0.3 is 5.01 Å². The van der Waals surface area contributed by atoms with Crippen molar-refractivity contribution in [1.82, 2.24) is 10.0 Å². The Morgan fingerprint density at radius 1 is 1.15 bits per heavy atom. The number of allylic oxidation sites excluding steroid dienone is 1. The molecule has 76 valence electrons. The number of halogens is 3. The van der Waals surface area contributed by atoms with Crippen LogP contribution in [-0.2, 0) is 0 Å². The fraction of sp³-hybridized carbons (Fsp3) is 0.750. The van der Waals surface area contributed by atoms with E-state index in [1.807, 2.05) is 0 Å². The van der Waals surface area contributed by atoms with Gasteiger partial charge in [0.05, 0.1) is 0 Å². The van der Waals surface area contributed by atoms with Crippen molar-refractivity contribution in [3.8, 4) is 0 Å². The Morgan fingerprint density at radius 2 is 1.62 bits per heavy atom. The molecule has 1 rings (SSSR count). The topological polar surface area (TPSA) is 6.48 Å². The van der Waals surface area contributed by atoms with E-state index >= 15 is 0 Å². The molecule has 1 heterocycles. The molecule has 0 bridgehead atoms. The predicted octanol–water partition coefficient (Wildman–Crippen LogP) is 2.00. The lowest BCUT2D eigenvalue weighted by Gasteiger charge is -2.29. The van der Waals surface area contributed by atoms with Gasteiger partial charge in [-0.1, -0.05) is 0 Å². The number of alkyl halides is 3. The monoisotopic (exact) mass is 194 g/mol. The van der Waals surface area contributed by atoms with Gasteiger partial charge in [-0.25, -0.2) is 5.01 Å². The number of nitrogens with zero attached hydrogens (tertiary/aromatic N) is 2. The van der Waals surface area contributed by atoms with Crippen molar-refractivity contribution in [2.45, 2.75) is 26.1 Å². The molecule has 0 aromatic rings. The lowest BCUT2D eigenvalue weighted by molar-refractivity contribution is -0.186. The van der Waals surface area contributed by atoms with Gasteiger partial charge in [0.1, 0.15) is 6.04 Å². The van der Waals surface area contributed by atoms with Gasteiger partial charge in [-0.15, -0.1) is 0 Å². The van der Waals surface area contributed by atoms with Crippen molar-refractivity contribution in [2.24, 2.45) is 0 Å². The zero-order valence-corrected chi connectivity index (χ0v) is 8.11. The molecule has 0 aromatic heterocycles. The molecular formula is C8H13F3N2. The zero-order chi connectivity index (χ0) is 10.4. The molecule has 1 unspecified atom stereocenters. The van der Waals surface area contributed by atoms with Crippen LogP contribution in [0.25, 0.3) is 0 Å². The van der Waals surface area contributed by atoms with Gasteiger partial charge in [-0.3, -0.25) is 0 Å². The summed E-state index contributed by atoms with van der Waals surface area (Å²) < 4.78 is 37.5. The molecule has 0 amide bonds. The predicted molar refractivity (Wildman–Crippen MR) is 43.7 cm³/mol. The van der Waals surface area contributed by atoms with Crippen LogP contribution < -0.4 is 0 Å². The first-order chi connectivity index (χ1) is 5.76. The summed E-state index contributed by atoms with van der Waals surface area (Å²) in [5.41, 5.74) is 1.04. The lowest BCUT2D eigenvalue weighted by Crippen LogP contribution is -2.45. The average molecular weight is 194 g/mol. The highest BCUT2D eigenvalue weighted by atomic mass is 19.4. The Kier molecular flexibility index (Phi) is 2.32. The van der Waals surface area contributed by atoms with Crippen LogP contribution in [0.2, 0.25) is 0 Å². The number of rotatable bonds is 0. The van der Waals surface area contributed by atoms with Crippen LogP contribution in [0, 0.1) is 0 Å². The molecule has 13 heavy (non-hydrogen) atoms. The van der Waals surface area contributed by atoms with Crippen LogP contribution in [0.15, 0.2) is 11.3 Å². The van der Waals surface area contributed by atoms with Crippen molar-refractivity contribution >= 4 is 0 Å². The summed E-state index contributed by atoms with van der Waals surface area (Å²) in [6, 6.07) is -1.46. The number of hydrogen-bond acceptors (Lipinski definition) is 2. The molecule has 0 aliphatic carbocycles. The normalized spacial score (nSPS) is 26.1. The van der Waals surface area contributed by atoms with Gasteiger partial charge >= 0.3 is 6.18 Å². The first-order valence-electron chi connectivity index (χ1n) is 3.97. The summed E-state index contributed by atoms with van der Waals surface area (Å²) in [6.07, 6.45) is -4.19. The quantitative estimate of drug-likeness (QED) is 0.582. The second-order valence-electron chi connectivity index (χ2n) is 3.31. The number of likely N-dealkylation sites (N-methyl/N-ethyl adjacent to an activating group) is 1. The molecule has 0 fully saturated rings. The smallest absolute Gasteiger partial charge is 0.313 e. The third-order valence-electron chi connectivity index (χ3n) is 2.62. The summed E-state index contributed by atoms with van der Waals surface area (Å²) in [5, 5.41) is 2.72. The van der Waals surface area contributed by atoms with Crippen LogP contribution in [0.5, 0.6) is 0 Å². The SMILES string of the molecule is CC1=C(C)N(C)N(C)C1C(F)(F)F. The van der Waals surface area contributed by atoms with E-state index < -0.39 is 12.2 Å². The second-order valence-corrected chi connectivity index (χ2v) is 3.31. The second kappa shape index (κ2) is 2.90. The van der Waals surface area contributed by atoms with E-state index in [-0.39, 0.29) is 0 Å². The zero-order valence-electron chi connectivity index (χ0n) is 8.11. The summed E-state index contributed by atoms with van der Waals surface area (Å²) in [6.45, 7) is 3.21. The van der Waals surface area contributed by atoms with E-state index in [9.17, 15) is 13.2 Å². The highest BCUT2D eigenvalue weighted by molar-refractivity contribution is 5.21. The Morgan fingerprint density at radius 3 is 1.77 bits per heavy atom. The van der Waals surface area contributed by atoms with Crippen molar-refractivity contribution in [3.05, 3.63) is 11.3 Å².